The zero-order chi connectivity index (χ0) is 12.3. The van der Waals surface area contributed by atoms with Crippen LogP contribution in [0.1, 0.15) is 15.9 Å². The molecule has 1 rings (SSSR count). The van der Waals surface area contributed by atoms with E-state index in [1.54, 1.807) is 6.07 Å². The molecule has 0 fully saturated rings. The number of ether oxygens (including phenoxy) is 1. The van der Waals surface area contributed by atoms with Crippen molar-refractivity contribution in [2.45, 2.75) is 0 Å². The third kappa shape index (κ3) is 2.27. The van der Waals surface area contributed by atoms with Gasteiger partial charge in [0, 0.05) is 3.57 Å². The zero-order valence-corrected chi connectivity index (χ0v) is 10.2. The largest absolute Gasteiger partial charge is 0.465 e. The molecule has 0 unspecified atom stereocenters. The molecule has 7 heteroatoms. The molecule has 0 aliphatic carbocycles. The van der Waals surface area contributed by atoms with Crippen LogP contribution in [0.5, 0.6) is 0 Å². The van der Waals surface area contributed by atoms with E-state index in [1.807, 2.05) is 22.6 Å². The molecule has 0 amide bonds. The van der Waals surface area contributed by atoms with Gasteiger partial charge < -0.3 is 4.74 Å². The van der Waals surface area contributed by atoms with E-state index in [0.717, 1.165) is 7.11 Å². The summed E-state index contributed by atoms with van der Waals surface area (Å²) in [6, 6.07) is 4.33. The first kappa shape index (κ1) is 12.4. The minimum atomic E-state index is -0.832. The third-order valence-corrected chi connectivity index (χ3v) is 2.41. The molecule has 0 radical (unpaired) electrons. The molecule has 16 heavy (non-hydrogen) atoms. The van der Waals surface area contributed by atoms with Crippen LogP contribution in [0.25, 0.3) is 0 Å². The van der Waals surface area contributed by atoms with Gasteiger partial charge in [0.15, 0.2) is 0 Å². The normalized spacial score (nSPS) is 9.31. The smallest absolute Gasteiger partial charge is 0.344 e. The van der Waals surface area contributed by atoms with E-state index in [2.05, 4.69) is 4.74 Å². The molecule has 0 heterocycles. The van der Waals surface area contributed by atoms with E-state index in [4.69, 9.17) is 5.26 Å². The van der Waals surface area contributed by atoms with Crippen molar-refractivity contribution in [2.75, 3.05) is 7.11 Å². The highest BCUT2D eigenvalue weighted by atomic mass is 127. The first-order valence-corrected chi connectivity index (χ1v) is 5.05. The van der Waals surface area contributed by atoms with Gasteiger partial charge in [0.1, 0.15) is 17.2 Å². The van der Waals surface area contributed by atoms with Gasteiger partial charge in [-0.2, -0.15) is 5.26 Å². The fourth-order valence-electron chi connectivity index (χ4n) is 1.15. The average molecular weight is 332 g/mol. The molecule has 0 atom stereocenters. The van der Waals surface area contributed by atoms with Crippen molar-refractivity contribution in [3.05, 3.63) is 36.9 Å². The van der Waals surface area contributed by atoms with Crippen LogP contribution in [-0.2, 0) is 4.74 Å². The number of halogens is 1. The van der Waals surface area contributed by atoms with Crippen molar-refractivity contribution in [2.24, 2.45) is 0 Å². The first-order valence-electron chi connectivity index (χ1n) is 3.97. The van der Waals surface area contributed by atoms with Crippen LogP contribution in [0.2, 0.25) is 0 Å². The standard InChI is InChI=1S/C9H5IN2O4/c1-16-9(13)7-3-6(10)2-5(4-11)8(7)12(14)15/h2-3H,1H3. The van der Waals surface area contributed by atoms with E-state index in [0.29, 0.717) is 3.57 Å². The summed E-state index contributed by atoms with van der Waals surface area (Å²) >= 11 is 1.86. The molecule has 0 saturated heterocycles. The number of benzene rings is 1. The van der Waals surface area contributed by atoms with Crippen LogP contribution in [0.3, 0.4) is 0 Å². The van der Waals surface area contributed by atoms with Crippen LogP contribution in [-0.4, -0.2) is 18.0 Å². The van der Waals surface area contributed by atoms with Gasteiger partial charge in [-0.15, -0.1) is 0 Å². The molecule has 82 valence electrons. The fourth-order valence-corrected chi connectivity index (χ4v) is 1.77. The van der Waals surface area contributed by atoms with Crippen molar-refractivity contribution in [3.63, 3.8) is 0 Å². The summed E-state index contributed by atoms with van der Waals surface area (Å²) < 4.78 is 4.98. The van der Waals surface area contributed by atoms with Crippen LogP contribution in [0.4, 0.5) is 5.69 Å². The third-order valence-electron chi connectivity index (χ3n) is 1.78. The summed E-state index contributed by atoms with van der Waals surface area (Å²) in [6.45, 7) is 0. The highest BCUT2D eigenvalue weighted by molar-refractivity contribution is 14.1. The number of nitriles is 1. The Morgan fingerprint density at radius 3 is 2.69 bits per heavy atom. The van der Waals surface area contributed by atoms with Crippen LogP contribution in [0.15, 0.2) is 12.1 Å². The van der Waals surface area contributed by atoms with Gasteiger partial charge in [0.05, 0.1) is 12.0 Å². The van der Waals surface area contributed by atoms with Crippen molar-refractivity contribution >= 4 is 34.2 Å². The summed E-state index contributed by atoms with van der Waals surface area (Å²) in [7, 11) is 1.12. The molecule has 0 aromatic heterocycles. The second-order valence-electron chi connectivity index (χ2n) is 2.71. The van der Waals surface area contributed by atoms with Crippen molar-refractivity contribution in [1.29, 1.82) is 5.26 Å². The Kier molecular flexibility index (Phi) is 3.78. The average Bonchev–Trinajstić information content (AvgIpc) is 2.26. The molecular formula is C9H5IN2O4. The summed E-state index contributed by atoms with van der Waals surface area (Å²) in [4.78, 5) is 21.3. The number of nitro groups is 1. The highest BCUT2D eigenvalue weighted by Gasteiger charge is 2.26. The lowest BCUT2D eigenvalue weighted by molar-refractivity contribution is -0.385. The number of rotatable bonds is 2. The van der Waals surface area contributed by atoms with E-state index in [9.17, 15) is 14.9 Å². The van der Waals surface area contributed by atoms with E-state index in [1.165, 1.54) is 12.1 Å². The van der Waals surface area contributed by atoms with Crippen LogP contribution >= 0.6 is 22.6 Å². The van der Waals surface area contributed by atoms with Gasteiger partial charge in [-0.1, -0.05) is 0 Å². The Hall–Kier alpha value is -1.69. The summed E-state index contributed by atoms with van der Waals surface area (Å²) in [5.74, 6) is -0.832. The Balaban J connectivity index is 3.58. The maximum absolute atomic E-state index is 11.3. The fraction of sp³-hybridized carbons (Fsp3) is 0.111. The van der Waals surface area contributed by atoms with Crippen LogP contribution < -0.4 is 0 Å². The summed E-state index contributed by atoms with van der Waals surface area (Å²) in [5, 5.41) is 19.5. The van der Waals surface area contributed by atoms with Gasteiger partial charge in [-0.05, 0) is 34.7 Å². The van der Waals surface area contributed by atoms with E-state index >= 15 is 0 Å². The first-order chi connectivity index (χ1) is 7.51. The van der Waals surface area contributed by atoms with Crippen molar-refractivity contribution < 1.29 is 14.5 Å². The SMILES string of the molecule is COC(=O)c1cc(I)cc(C#N)c1[N+](=O)[O-]. The quantitative estimate of drug-likeness (QED) is 0.357. The number of nitrogens with zero attached hydrogens (tertiary/aromatic N) is 2. The number of esters is 1. The molecular weight excluding hydrogens is 327 g/mol. The minimum absolute atomic E-state index is 0.155. The maximum Gasteiger partial charge on any atom is 0.344 e. The Morgan fingerprint density at radius 1 is 1.62 bits per heavy atom. The van der Waals surface area contributed by atoms with Gasteiger partial charge >= 0.3 is 11.7 Å². The van der Waals surface area contributed by atoms with Gasteiger partial charge in [-0.25, -0.2) is 4.79 Å². The van der Waals surface area contributed by atoms with Gasteiger partial charge in [0.25, 0.3) is 0 Å². The number of hydrogen-bond donors (Lipinski definition) is 0. The lowest BCUT2D eigenvalue weighted by atomic mass is 10.1. The maximum atomic E-state index is 11.3. The number of methoxy groups -OCH3 is 1. The molecule has 0 spiro atoms. The lowest BCUT2D eigenvalue weighted by Gasteiger charge is -2.03. The van der Waals surface area contributed by atoms with E-state index in [-0.39, 0.29) is 11.1 Å². The predicted octanol–water partition coefficient (Wildman–Crippen LogP) is 1.86. The molecule has 0 N–H and O–H groups in total. The number of carbonyl (C=O) groups is 1. The number of hydrogen-bond acceptors (Lipinski definition) is 5. The predicted molar refractivity (Wildman–Crippen MR) is 61.9 cm³/mol. The van der Waals surface area contributed by atoms with Crippen molar-refractivity contribution in [1.82, 2.24) is 0 Å². The molecule has 0 bridgehead atoms. The monoisotopic (exact) mass is 332 g/mol. The minimum Gasteiger partial charge on any atom is -0.465 e. The molecule has 0 saturated carbocycles. The second kappa shape index (κ2) is 4.89. The summed E-state index contributed by atoms with van der Waals surface area (Å²) in [6.07, 6.45) is 0. The zero-order valence-electron chi connectivity index (χ0n) is 8.06. The second-order valence-corrected chi connectivity index (χ2v) is 3.96. The molecule has 0 aliphatic rings. The Labute approximate surface area is 104 Å². The van der Waals surface area contributed by atoms with E-state index < -0.39 is 16.6 Å². The summed E-state index contributed by atoms with van der Waals surface area (Å²) in [5.41, 5.74) is -0.886. The Bertz CT molecular complexity index is 507. The van der Waals surface area contributed by atoms with Crippen LogP contribution in [0, 0.1) is 25.0 Å². The number of nitro benzene ring substituents is 1. The van der Waals surface area contributed by atoms with Crippen molar-refractivity contribution in [3.8, 4) is 6.07 Å². The Morgan fingerprint density at radius 2 is 2.25 bits per heavy atom. The van der Waals surface area contributed by atoms with Gasteiger partial charge in [-0.3, -0.25) is 10.1 Å². The number of carbonyl (C=O) groups excluding carboxylic acids is 1. The lowest BCUT2D eigenvalue weighted by Crippen LogP contribution is -2.07. The highest BCUT2D eigenvalue weighted by Crippen LogP contribution is 2.26. The molecule has 6 nitrogen and oxygen atoms in total. The molecule has 0 aliphatic heterocycles. The topological polar surface area (TPSA) is 93.2 Å². The molecule has 1 aromatic carbocycles. The molecule has 1 aromatic rings. The van der Waals surface area contributed by atoms with Gasteiger partial charge in [0.2, 0.25) is 0 Å².